The molecule has 0 aliphatic rings. The molecule has 0 saturated carbocycles. The Bertz CT molecular complexity index is 1140. The minimum Gasteiger partial charge on any atom is -0.497 e. The van der Waals surface area contributed by atoms with Gasteiger partial charge >= 0.3 is 6.18 Å². The summed E-state index contributed by atoms with van der Waals surface area (Å²) in [7, 11) is 1.54. The molecule has 0 heterocycles. The van der Waals surface area contributed by atoms with Crippen LogP contribution >= 0.6 is 23.4 Å². The lowest BCUT2D eigenvalue weighted by atomic mass is 10.1. The van der Waals surface area contributed by atoms with Crippen LogP contribution in [-0.2, 0) is 11.0 Å². The van der Waals surface area contributed by atoms with Crippen molar-refractivity contribution in [2.75, 3.05) is 23.5 Å². The number of benzene rings is 3. The van der Waals surface area contributed by atoms with E-state index in [1.54, 1.807) is 48.5 Å². The Morgan fingerprint density at radius 3 is 2.24 bits per heavy atom. The maximum atomic E-state index is 13.1. The Kier molecular flexibility index (Phi) is 7.88. The summed E-state index contributed by atoms with van der Waals surface area (Å²) in [5, 5.41) is 4.96. The maximum Gasteiger partial charge on any atom is 0.418 e. The number of thioether (sulfide) groups is 1. The molecule has 3 aromatic carbocycles. The van der Waals surface area contributed by atoms with Crippen LogP contribution in [0.3, 0.4) is 0 Å². The van der Waals surface area contributed by atoms with Crippen LogP contribution in [0.15, 0.2) is 71.6 Å². The van der Waals surface area contributed by atoms with Gasteiger partial charge in [-0.1, -0.05) is 11.6 Å². The first kappa shape index (κ1) is 24.5. The molecule has 5 nitrogen and oxygen atoms in total. The van der Waals surface area contributed by atoms with Crippen LogP contribution in [-0.4, -0.2) is 24.7 Å². The topological polar surface area (TPSA) is 67.4 Å². The summed E-state index contributed by atoms with van der Waals surface area (Å²) < 4.78 is 44.5. The van der Waals surface area contributed by atoms with Gasteiger partial charge in [0.1, 0.15) is 5.75 Å². The van der Waals surface area contributed by atoms with Crippen LogP contribution in [0, 0.1) is 0 Å². The number of hydrogen-bond donors (Lipinski definition) is 2. The van der Waals surface area contributed by atoms with Gasteiger partial charge in [0, 0.05) is 21.2 Å². The third-order valence-electron chi connectivity index (χ3n) is 4.40. The summed E-state index contributed by atoms with van der Waals surface area (Å²) in [6.45, 7) is 0. The van der Waals surface area contributed by atoms with Crippen LogP contribution in [0.25, 0.3) is 0 Å². The van der Waals surface area contributed by atoms with Gasteiger partial charge in [-0.2, -0.15) is 13.2 Å². The number of rotatable bonds is 7. The van der Waals surface area contributed by atoms with Gasteiger partial charge in [0.25, 0.3) is 5.91 Å². The molecule has 0 unspecified atom stereocenters. The van der Waals surface area contributed by atoms with Crippen molar-refractivity contribution in [2.45, 2.75) is 11.1 Å². The highest BCUT2D eigenvalue weighted by Gasteiger charge is 2.34. The molecule has 2 N–H and O–H groups in total. The molecule has 10 heteroatoms. The second kappa shape index (κ2) is 10.6. The lowest BCUT2D eigenvalue weighted by Crippen LogP contribution is -2.18. The van der Waals surface area contributed by atoms with E-state index in [9.17, 15) is 22.8 Å². The molecule has 3 rings (SSSR count). The molecule has 0 aliphatic carbocycles. The van der Waals surface area contributed by atoms with E-state index in [0.717, 1.165) is 23.9 Å². The third kappa shape index (κ3) is 6.90. The van der Waals surface area contributed by atoms with Gasteiger partial charge in [0.2, 0.25) is 5.91 Å². The summed E-state index contributed by atoms with van der Waals surface area (Å²) in [6.07, 6.45) is -4.65. The first-order chi connectivity index (χ1) is 15.7. The number of nitrogens with one attached hydrogen (secondary N) is 2. The first-order valence-electron chi connectivity index (χ1n) is 9.50. The normalized spacial score (nSPS) is 11.1. The molecule has 0 fully saturated rings. The molecule has 0 aliphatic heterocycles. The molecule has 0 radical (unpaired) electrons. The molecule has 0 bridgehead atoms. The maximum absolute atomic E-state index is 13.1. The fourth-order valence-electron chi connectivity index (χ4n) is 2.78. The van der Waals surface area contributed by atoms with Crippen molar-refractivity contribution < 1.29 is 27.5 Å². The molecular weight excluding hydrogens is 477 g/mol. The highest BCUT2D eigenvalue weighted by atomic mass is 35.5. The second-order valence-electron chi connectivity index (χ2n) is 6.73. The molecular formula is C23H18ClF3N2O3S. The average molecular weight is 495 g/mol. The van der Waals surface area contributed by atoms with E-state index in [-0.39, 0.29) is 22.4 Å². The lowest BCUT2D eigenvalue weighted by Gasteiger charge is -2.14. The summed E-state index contributed by atoms with van der Waals surface area (Å²) in [5.41, 5.74) is -0.341. The fraction of sp³-hybridized carbons (Fsp3) is 0.130. The Balaban J connectivity index is 1.55. The summed E-state index contributed by atoms with van der Waals surface area (Å²) in [4.78, 5) is 25.2. The van der Waals surface area contributed by atoms with Gasteiger partial charge in [0.05, 0.1) is 24.1 Å². The smallest absolute Gasteiger partial charge is 0.418 e. The first-order valence-corrected chi connectivity index (χ1v) is 10.9. The highest BCUT2D eigenvalue weighted by Crippen LogP contribution is 2.36. The number of alkyl halides is 3. The molecule has 0 aromatic heterocycles. The molecule has 0 atom stereocenters. The van der Waals surface area contributed by atoms with Crippen LogP contribution in [0.5, 0.6) is 5.75 Å². The van der Waals surface area contributed by atoms with Gasteiger partial charge < -0.3 is 15.4 Å². The van der Waals surface area contributed by atoms with Crippen molar-refractivity contribution in [3.63, 3.8) is 0 Å². The number of anilines is 2. The van der Waals surface area contributed by atoms with Crippen molar-refractivity contribution in [1.29, 1.82) is 0 Å². The average Bonchev–Trinajstić information content (AvgIpc) is 2.79. The number of carbonyl (C=O) groups is 2. The van der Waals surface area contributed by atoms with Crippen molar-refractivity contribution in [3.8, 4) is 5.75 Å². The Hall–Kier alpha value is -3.17. The Morgan fingerprint density at radius 1 is 0.970 bits per heavy atom. The van der Waals surface area contributed by atoms with Gasteiger partial charge in [-0.05, 0) is 66.7 Å². The Morgan fingerprint density at radius 2 is 1.64 bits per heavy atom. The molecule has 3 aromatic rings. The van der Waals surface area contributed by atoms with Crippen molar-refractivity contribution in [2.24, 2.45) is 0 Å². The number of hydrogen-bond acceptors (Lipinski definition) is 4. The van der Waals surface area contributed by atoms with Crippen molar-refractivity contribution in [1.82, 2.24) is 0 Å². The molecule has 0 saturated heterocycles. The highest BCUT2D eigenvalue weighted by molar-refractivity contribution is 8.00. The zero-order valence-electron chi connectivity index (χ0n) is 17.2. The predicted octanol–water partition coefficient (Wildman–Crippen LogP) is 6.35. The number of halogens is 4. The van der Waals surface area contributed by atoms with Gasteiger partial charge in [0.15, 0.2) is 0 Å². The number of amides is 2. The molecule has 172 valence electrons. The summed E-state index contributed by atoms with van der Waals surface area (Å²) in [6, 6.07) is 16.5. The van der Waals surface area contributed by atoms with Gasteiger partial charge in [-0.3, -0.25) is 9.59 Å². The number of methoxy groups -OCH3 is 1. The standard InChI is InChI=1S/C23H18ClF3N2O3S/c1-32-17-7-2-14(3-8-17)22(31)28-16-5-9-18(10-6-16)33-13-21(30)29-20-11-4-15(24)12-19(20)23(25,26)27/h2-12H,13H2,1H3,(H,28,31)(H,29,30). The van der Waals surface area contributed by atoms with E-state index >= 15 is 0 Å². The fourth-order valence-corrected chi connectivity index (χ4v) is 3.65. The minimum absolute atomic E-state index is 0.0751. The third-order valence-corrected chi connectivity index (χ3v) is 5.64. The van der Waals surface area contributed by atoms with E-state index in [1.807, 2.05) is 0 Å². The van der Waals surface area contributed by atoms with Gasteiger partial charge in [-0.15, -0.1) is 11.8 Å². The quantitative estimate of drug-likeness (QED) is 0.375. The summed E-state index contributed by atoms with van der Waals surface area (Å²) >= 11 is 6.79. The zero-order chi connectivity index (χ0) is 24.0. The number of carbonyl (C=O) groups excluding carboxylic acids is 2. The largest absolute Gasteiger partial charge is 0.497 e. The summed E-state index contributed by atoms with van der Waals surface area (Å²) in [5.74, 6) is -0.342. The van der Waals surface area contributed by atoms with E-state index in [4.69, 9.17) is 16.3 Å². The van der Waals surface area contributed by atoms with Crippen LogP contribution in [0.4, 0.5) is 24.5 Å². The monoisotopic (exact) mass is 494 g/mol. The zero-order valence-corrected chi connectivity index (χ0v) is 18.8. The Labute approximate surface area is 197 Å². The predicted molar refractivity (Wildman–Crippen MR) is 123 cm³/mol. The van der Waals surface area contributed by atoms with E-state index in [0.29, 0.717) is 21.9 Å². The van der Waals surface area contributed by atoms with Crippen LogP contribution in [0.1, 0.15) is 15.9 Å². The van der Waals surface area contributed by atoms with E-state index in [2.05, 4.69) is 10.6 Å². The molecule has 33 heavy (non-hydrogen) atoms. The van der Waals surface area contributed by atoms with Crippen LogP contribution in [0.2, 0.25) is 5.02 Å². The van der Waals surface area contributed by atoms with E-state index in [1.165, 1.54) is 13.2 Å². The SMILES string of the molecule is COc1ccc(C(=O)Nc2ccc(SCC(=O)Nc3ccc(Cl)cc3C(F)(F)F)cc2)cc1. The van der Waals surface area contributed by atoms with Gasteiger partial charge in [-0.25, -0.2) is 0 Å². The van der Waals surface area contributed by atoms with Crippen LogP contribution < -0.4 is 15.4 Å². The number of ether oxygens (including phenoxy) is 1. The molecule has 0 spiro atoms. The minimum atomic E-state index is -4.65. The second-order valence-corrected chi connectivity index (χ2v) is 8.22. The van der Waals surface area contributed by atoms with Crippen molar-refractivity contribution in [3.05, 3.63) is 82.9 Å². The van der Waals surface area contributed by atoms with E-state index < -0.39 is 17.6 Å². The lowest BCUT2D eigenvalue weighted by molar-refractivity contribution is -0.137. The van der Waals surface area contributed by atoms with Crippen molar-refractivity contribution >= 4 is 46.6 Å². The molecule has 2 amide bonds.